The molecule has 1 aliphatic heterocycles. The molecule has 1 saturated carbocycles. The van der Waals surface area contributed by atoms with Crippen molar-refractivity contribution < 1.29 is 18.0 Å². The van der Waals surface area contributed by atoms with Crippen LogP contribution in [0.4, 0.5) is 0 Å². The Morgan fingerprint density at radius 2 is 1.56 bits per heavy atom. The number of amides is 2. The number of nitrogens with zero attached hydrogens (tertiary/aromatic N) is 2. The maximum Gasteiger partial charge on any atom is 0.243 e. The molecule has 0 bridgehead atoms. The van der Waals surface area contributed by atoms with Crippen molar-refractivity contribution in [3.05, 3.63) is 66.2 Å². The van der Waals surface area contributed by atoms with E-state index in [0.29, 0.717) is 13.0 Å². The molecule has 2 aliphatic rings. The summed E-state index contributed by atoms with van der Waals surface area (Å²) in [6.45, 7) is 1.10. The first-order chi connectivity index (χ1) is 15.5. The number of benzene rings is 2. The fourth-order valence-corrected chi connectivity index (χ4v) is 5.65. The van der Waals surface area contributed by atoms with Crippen LogP contribution in [-0.4, -0.2) is 55.6 Å². The van der Waals surface area contributed by atoms with Crippen molar-refractivity contribution in [2.75, 3.05) is 26.2 Å². The summed E-state index contributed by atoms with van der Waals surface area (Å²) in [6.07, 6.45) is 2.41. The Bertz CT molecular complexity index is 1040. The minimum atomic E-state index is -3.69. The van der Waals surface area contributed by atoms with Gasteiger partial charge in [0.15, 0.2) is 0 Å². The highest BCUT2D eigenvalue weighted by atomic mass is 32.2. The van der Waals surface area contributed by atoms with Gasteiger partial charge in [0, 0.05) is 32.1 Å². The van der Waals surface area contributed by atoms with E-state index in [1.807, 2.05) is 30.3 Å². The second-order valence-electron chi connectivity index (χ2n) is 8.36. The van der Waals surface area contributed by atoms with E-state index in [-0.39, 0.29) is 54.7 Å². The van der Waals surface area contributed by atoms with Crippen LogP contribution < -0.4 is 5.32 Å². The van der Waals surface area contributed by atoms with Crippen molar-refractivity contribution in [2.45, 2.75) is 36.6 Å². The lowest BCUT2D eigenvalue weighted by molar-refractivity contribution is -0.136. The van der Waals surface area contributed by atoms with Gasteiger partial charge in [-0.2, -0.15) is 4.31 Å². The van der Waals surface area contributed by atoms with Crippen molar-refractivity contribution in [3.63, 3.8) is 0 Å². The number of nitrogens with one attached hydrogen (secondary N) is 1. The molecule has 2 aromatic carbocycles. The third-order valence-electron chi connectivity index (χ3n) is 6.02. The molecule has 1 atom stereocenters. The number of carbonyl (C=O) groups is 2. The molecule has 0 radical (unpaired) electrons. The molecule has 0 aromatic heterocycles. The Morgan fingerprint density at radius 1 is 0.906 bits per heavy atom. The van der Waals surface area contributed by atoms with Crippen LogP contribution in [0.25, 0.3) is 0 Å². The van der Waals surface area contributed by atoms with Gasteiger partial charge in [-0.15, -0.1) is 0 Å². The second-order valence-corrected chi connectivity index (χ2v) is 10.3. The van der Waals surface area contributed by atoms with Gasteiger partial charge in [-0.05, 0) is 37.0 Å². The van der Waals surface area contributed by atoms with E-state index in [0.717, 1.165) is 18.4 Å². The first-order valence-electron chi connectivity index (χ1n) is 11.1. The van der Waals surface area contributed by atoms with Crippen LogP contribution in [0.1, 0.15) is 37.3 Å². The van der Waals surface area contributed by atoms with E-state index in [1.54, 1.807) is 35.2 Å². The molecule has 32 heavy (non-hydrogen) atoms. The highest BCUT2D eigenvalue weighted by molar-refractivity contribution is 7.89. The van der Waals surface area contributed by atoms with Gasteiger partial charge in [-0.25, -0.2) is 8.42 Å². The summed E-state index contributed by atoms with van der Waals surface area (Å²) in [5.74, 6) is -0.117. The Morgan fingerprint density at radius 3 is 2.22 bits per heavy atom. The molecule has 0 spiro atoms. The van der Waals surface area contributed by atoms with E-state index in [4.69, 9.17) is 0 Å². The second kappa shape index (κ2) is 9.83. The quantitative estimate of drug-likeness (QED) is 0.768. The Hall–Kier alpha value is -2.71. The summed E-state index contributed by atoms with van der Waals surface area (Å²) in [4.78, 5) is 27.9. The Labute approximate surface area is 189 Å². The van der Waals surface area contributed by atoms with Crippen LogP contribution >= 0.6 is 0 Å². The summed E-state index contributed by atoms with van der Waals surface area (Å²) in [5.41, 5.74) is 0.921. The molecule has 2 amide bonds. The molecular formula is C24H29N3O4S. The van der Waals surface area contributed by atoms with Gasteiger partial charge in [0.1, 0.15) is 0 Å². The van der Waals surface area contributed by atoms with Crippen LogP contribution in [-0.2, 0) is 19.6 Å². The van der Waals surface area contributed by atoms with E-state index in [1.165, 1.54) is 4.31 Å². The molecular weight excluding hydrogens is 426 g/mol. The summed E-state index contributed by atoms with van der Waals surface area (Å²) in [6, 6.07) is 17.6. The number of sulfonamides is 1. The Kier molecular flexibility index (Phi) is 6.91. The first-order valence-corrected chi connectivity index (χ1v) is 12.6. The number of carbonyl (C=O) groups excluding carboxylic acids is 2. The predicted octanol–water partition coefficient (Wildman–Crippen LogP) is 2.57. The number of hydrogen-bond acceptors (Lipinski definition) is 4. The number of hydrogen-bond donors (Lipinski definition) is 1. The molecule has 1 unspecified atom stereocenters. The van der Waals surface area contributed by atoms with Gasteiger partial charge in [0.25, 0.3) is 0 Å². The van der Waals surface area contributed by atoms with Crippen LogP contribution in [0.2, 0.25) is 0 Å². The van der Waals surface area contributed by atoms with Crippen molar-refractivity contribution >= 4 is 21.8 Å². The van der Waals surface area contributed by atoms with Gasteiger partial charge in [0.05, 0.1) is 17.4 Å². The van der Waals surface area contributed by atoms with Crippen molar-refractivity contribution in [1.29, 1.82) is 0 Å². The van der Waals surface area contributed by atoms with Gasteiger partial charge in [0.2, 0.25) is 21.8 Å². The van der Waals surface area contributed by atoms with Gasteiger partial charge < -0.3 is 10.2 Å². The molecule has 170 valence electrons. The summed E-state index contributed by atoms with van der Waals surface area (Å²) in [7, 11) is -3.69. The highest BCUT2D eigenvalue weighted by Crippen LogP contribution is 2.35. The average Bonchev–Trinajstić information content (AvgIpc) is 3.65. The van der Waals surface area contributed by atoms with Gasteiger partial charge in [-0.1, -0.05) is 48.5 Å². The third kappa shape index (κ3) is 5.19. The molecule has 2 fully saturated rings. The third-order valence-corrected chi connectivity index (χ3v) is 7.93. The van der Waals surface area contributed by atoms with Crippen LogP contribution in [0, 0.1) is 5.92 Å². The summed E-state index contributed by atoms with van der Waals surface area (Å²) < 4.78 is 27.7. The molecule has 4 rings (SSSR count). The largest absolute Gasteiger partial charge is 0.355 e. The van der Waals surface area contributed by atoms with Gasteiger partial charge >= 0.3 is 0 Å². The summed E-state index contributed by atoms with van der Waals surface area (Å²) >= 11 is 0. The van der Waals surface area contributed by atoms with E-state index < -0.39 is 10.0 Å². The first kappa shape index (κ1) is 22.5. The lowest BCUT2D eigenvalue weighted by Crippen LogP contribution is -2.39. The SMILES string of the molecule is O=C1CC(c2ccccc2)N(C(=O)C2CC2)CCCN(S(=O)(=O)c2ccccc2)CCN1. The zero-order valence-electron chi connectivity index (χ0n) is 18.0. The molecule has 1 N–H and O–H groups in total. The predicted molar refractivity (Wildman–Crippen MR) is 121 cm³/mol. The molecule has 1 saturated heterocycles. The topological polar surface area (TPSA) is 86.8 Å². The standard InChI is InChI=1S/C24H29N3O4S/c28-23-18-22(19-8-3-1-4-9-19)27(24(29)20-12-13-20)16-7-15-26(17-14-25-23)32(30,31)21-10-5-2-6-11-21/h1-6,8-11,20,22H,7,12-18H2,(H,25,28). The van der Waals surface area contributed by atoms with Crippen LogP contribution in [0.5, 0.6) is 0 Å². The minimum absolute atomic E-state index is 0.0126. The molecule has 1 heterocycles. The van der Waals surface area contributed by atoms with Crippen LogP contribution in [0.3, 0.4) is 0 Å². The van der Waals surface area contributed by atoms with E-state index in [2.05, 4.69) is 5.32 Å². The fraction of sp³-hybridized carbons (Fsp3) is 0.417. The van der Waals surface area contributed by atoms with E-state index in [9.17, 15) is 18.0 Å². The smallest absolute Gasteiger partial charge is 0.243 e. The summed E-state index contributed by atoms with van der Waals surface area (Å²) in [5, 5.41) is 2.85. The zero-order chi connectivity index (χ0) is 22.6. The highest BCUT2D eigenvalue weighted by Gasteiger charge is 2.37. The van der Waals surface area contributed by atoms with Crippen molar-refractivity contribution in [2.24, 2.45) is 5.92 Å². The monoisotopic (exact) mass is 455 g/mol. The lowest BCUT2D eigenvalue weighted by Gasteiger charge is -2.32. The molecule has 8 heteroatoms. The number of rotatable bonds is 4. The molecule has 7 nitrogen and oxygen atoms in total. The zero-order valence-corrected chi connectivity index (χ0v) is 18.8. The van der Waals surface area contributed by atoms with Gasteiger partial charge in [-0.3, -0.25) is 9.59 Å². The lowest BCUT2D eigenvalue weighted by atomic mass is 10.0. The minimum Gasteiger partial charge on any atom is -0.355 e. The maximum atomic E-state index is 13.2. The fourth-order valence-electron chi connectivity index (χ4n) is 4.15. The maximum absolute atomic E-state index is 13.2. The van der Waals surface area contributed by atoms with Crippen molar-refractivity contribution in [3.8, 4) is 0 Å². The molecule has 1 aliphatic carbocycles. The molecule has 2 aromatic rings. The van der Waals surface area contributed by atoms with E-state index >= 15 is 0 Å². The van der Waals surface area contributed by atoms with Crippen LogP contribution in [0.15, 0.2) is 65.6 Å². The normalized spacial score (nSPS) is 21.4. The average molecular weight is 456 g/mol. The van der Waals surface area contributed by atoms with Crippen molar-refractivity contribution in [1.82, 2.24) is 14.5 Å². The Balaban J connectivity index is 1.60.